The number of aliphatic hydroxyl groups excluding tert-OH is 2. The molecule has 3 N–H and O–H groups in total. The summed E-state index contributed by atoms with van der Waals surface area (Å²) in [5.41, 5.74) is 0. The fourth-order valence-corrected chi connectivity index (χ4v) is 8.45. The Labute approximate surface area is 415 Å². The topological polar surface area (TPSA) is 95.9 Å². The molecule has 0 bridgehead atoms. The van der Waals surface area contributed by atoms with Crippen molar-refractivity contribution in [2.75, 3.05) is 6.61 Å². The van der Waals surface area contributed by atoms with Gasteiger partial charge in [0.25, 0.3) is 0 Å². The van der Waals surface area contributed by atoms with Gasteiger partial charge in [-0.25, -0.2) is 0 Å². The quantitative estimate of drug-likeness (QED) is 0.0321. The highest BCUT2D eigenvalue weighted by Gasteiger charge is 2.23. The Kier molecular flexibility index (Phi) is 52.1. The molecule has 0 aromatic heterocycles. The number of hydrogen-bond acceptors (Lipinski definition) is 5. The van der Waals surface area contributed by atoms with Gasteiger partial charge in [-0.2, -0.15) is 0 Å². The van der Waals surface area contributed by atoms with Crippen molar-refractivity contribution >= 4 is 11.9 Å². The lowest BCUT2D eigenvalue weighted by molar-refractivity contribution is -0.148. The zero-order chi connectivity index (χ0) is 48.8. The molecule has 3 unspecified atom stereocenters. The molecule has 6 nitrogen and oxygen atoms in total. The van der Waals surface area contributed by atoms with Gasteiger partial charge in [0.2, 0.25) is 5.91 Å². The summed E-state index contributed by atoms with van der Waals surface area (Å²) >= 11 is 0. The Morgan fingerprint density at radius 2 is 0.836 bits per heavy atom. The van der Waals surface area contributed by atoms with Crippen molar-refractivity contribution in [3.8, 4) is 0 Å². The van der Waals surface area contributed by atoms with Gasteiger partial charge in [0, 0.05) is 6.42 Å². The maximum atomic E-state index is 13.2. The summed E-state index contributed by atoms with van der Waals surface area (Å²) in [5, 5.41) is 23.8. The maximum Gasteiger partial charge on any atom is 0.306 e. The van der Waals surface area contributed by atoms with Crippen molar-refractivity contribution in [2.45, 2.75) is 296 Å². The standard InChI is InChI=1S/C61H109NO5/c1-4-7-10-13-16-19-22-25-28-29-30-31-33-36-39-42-45-48-51-54-61(66)67-57(52-49-46-43-40-37-34-27-24-21-18-15-12-9-6-3)55-60(65)62-58(56-63)59(64)53-50-47-44-41-38-35-32-26-23-20-17-14-11-8-5-2/h9,12,18,21,25,27-28,34,40,43,49,52,57-59,63-64H,4-8,10-11,13-17,19-20,22-24,26,29-33,35-39,41-42,44-48,50-51,53-56H2,1-3H3,(H,62,65)/b12-9+,21-18+,28-25+,34-27+,43-40+,52-49+. The third kappa shape index (κ3) is 49.5. The minimum Gasteiger partial charge on any atom is -0.458 e. The van der Waals surface area contributed by atoms with E-state index < -0.39 is 18.2 Å². The highest BCUT2D eigenvalue weighted by Crippen LogP contribution is 2.17. The lowest BCUT2D eigenvalue weighted by atomic mass is 10.0. The first kappa shape index (κ1) is 64.3. The summed E-state index contributed by atoms with van der Waals surface area (Å²) in [5.74, 6) is -0.625. The molecular formula is C61H109NO5. The number of carbonyl (C=O) groups is 2. The van der Waals surface area contributed by atoms with Gasteiger partial charge < -0.3 is 20.3 Å². The van der Waals surface area contributed by atoms with Crippen LogP contribution in [0.25, 0.3) is 0 Å². The summed E-state index contributed by atoms with van der Waals surface area (Å²) in [6, 6.07) is -0.745. The van der Waals surface area contributed by atoms with Crippen LogP contribution in [0.2, 0.25) is 0 Å². The molecule has 0 aliphatic rings. The van der Waals surface area contributed by atoms with Crippen molar-refractivity contribution in [2.24, 2.45) is 0 Å². The first-order chi connectivity index (χ1) is 33.0. The van der Waals surface area contributed by atoms with Gasteiger partial charge in [-0.05, 0) is 76.7 Å². The molecule has 0 rings (SSSR count). The molecule has 0 aromatic rings. The zero-order valence-electron chi connectivity index (χ0n) is 44.3. The number of amides is 1. The summed E-state index contributed by atoms with van der Waals surface area (Å²) in [7, 11) is 0. The van der Waals surface area contributed by atoms with Crippen molar-refractivity contribution in [1.82, 2.24) is 5.32 Å². The van der Waals surface area contributed by atoms with E-state index in [2.05, 4.69) is 86.8 Å². The largest absolute Gasteiger partial charge is 0.458 e. The van der Waals surface area contributed by atoms with Gasteiger partial charge in [0.15, 0.2) is 0 Å². The zero-order valence-corrected chi connectivity index (χ0v) is 44.3. The van der Waals surface area contributed by atoms with Gasteiger partial charge in [-0.1, -0.05) is 261 Å². The molecule has 388 valence electrons. The third-order valence-corrected chi connectivity index (χ3v) is 12.8. The Hall–Kier alpha value is -2.70. The summed E-state index contributed by atoms with van der Waals surface area (Å²) < 4.78 is 5.85. The van der Waals surface area contributed by atoms with E-state index in [1.54, 1.807) is 0 Å². The second-order valence-corrected chi connectivity index (χ2v) is 19.3. The van der Waals surface area contributed by atoms with E-state index in [4.69, 9.17) is 4.74 Å². The van der Waals surface area contributed by atoms with Crippen LogP contribution < -0.4 is 5.32 Å². The second kappa shape index (κ2) is 54.2. The SMILES string of the molecule is CC/C=C/C/C=C/C/C=C/C/C=C/C/C=C/C(CC(=O)NC(CO)C(O)CCCCCCCCCCCCCCCCC)OC(=O)CCCCCCCCCCC/C=C/CCCCCCCC. The van der Waals surface area contributed by atoms with E-state index in [-0.39, 0.29) is 24.9 Å². The number of allylic oxidation sites excluding steroid dienone is 11. The predicted octanol–water partition coefficient (Wildman–Crippen LogP) is 17.7. The molecule has 0 fully saturated rings. The number of carbonyl (C=O) groups excluding carboxylic acids is 2. The molecule has 0 heterocycles. The molecule has 0 aliphatic carbocycles. The van der Waals surface area contributed by atoms with Crippen LogP contribution in [0.4, 0.5) is 0 Å². The molecule has 0 aromatic carbocycles. The molecular weight excluding hydrogens is 827 g/mol. The second-order valence-electron chi connectivity index (χ2n) is 19.3. The molecule has 0 aliphatic heterocycles. The van der Waals surface area contributed by atoms with Gasteiger partial charge in [0.1, 0.15) is 6.10 Å². The van der Waals surface area contributed by atoms with E-state index in [0.29, 0.717) is 19.3 Å². The van der Waals surface area contributed by atoms with E-state index in [0.717, 1.165) is 64.2 Å². The number of ether oxygens (including phenoxy) is 1. The molecule has 0 spiro atoms. The molecule has 0 saturated carbocycles. The van der Waals surface area contributed by atoms with Crippen molar-refractivity contribution in [1.29, 1.82) is 0 Å². The Morgan fingerprint density at radius 3 is 1.25 bits per heavy atom. The van der Waals surface area contributed by atoms with Crippen LogP contribution in [-0.2, 0) is 14.3 Å². The van der Waals surface area contributed by atoms with Crippen LogP contribution in [0.15, 0.2) is 72.9 Å². The van der Waals surface area contributed by atoms with E-state index in [1.165, 1.54) is 167 Å². The lowest BCUT2D eigenvalue weighted by Crippen LogP contribution is -2.46. The average Bonchev–Trinajstić information content (AvgIpc) is 3.32. The third-order valence-electron chi connectivity index (χ3n) is 12.8. The summed E-state index contributed by atoms with van der Waals surface area (Å²) in [4.78, 5) is 26.2. The fraction of sp³-hybridized carbons (Fsp3) is 0.770. The van der Waals surface area contributed by atoms with Crippen LogP contribution in [0.3, 0.4) is 0 Å². The monoisotopic (exact) mass is 936 g/mol. The first-order valence-corrected chi connectivity index (χ1v) is 28.7. The maximum absolute atomic E-state index is 13.2. The smallest absolute Gasteiger partial charge is 0.306 e. The van der Waals surface area contributed by atoms with Gasteiger partial charge in [0.05, 0.1) is 25.2 Å². The number of hydrogen-bond donors (Lipinski definition) is 3. The van der Waals surface area contributed by atoms with Crippen LogP contribution in [0.1, 0.15) is 278 Å². The molecule has 67 heavy (non-hydrogen) atoms. The van der Waals surface area contributed by atoms with Crippen LogP contribution in [0.5, 0.6) is 0 Å². The van der Waals surface area contributed by atoms with Crippen LogP contribution >= 0.6 is 0 Å². The van der Waals surface area contributed by atoms with E-state index in [1.807, 2.05) is 12.2 Å². The molecule has 6 heteroatoms. The number of esters is 1. The molecule has 0 saturated heterocycles. The van der Waals surface area contributed by atoms with Crippen LogP contribution in [0, 0.1) is 0 Å². The molecule has 1 amide bonds. The van der Waals surface area contributed by atoms with E-state index >= 15 is 0 Å². The Morgan fingerprint density at radius 1 is 0.463 bits per heavy atom. The highest BCUT2D eigenvalue weighted by atomic mass is 16.5. The van der Waals surface area contributed by atoms with Gasteiger partial charge >= 0.3 is 5.97 Å². The van der Waals surface area contributed by atoms with Crippen molar-refractivity contribution in [3.05, 3.63) is 72.9 Å². The summed E-state index contributed by atoms with van der Waals surface area (Å²) in [6.07, 6.45) is 70.0. The van der Waals surface area contributed by atoms with Gasteiger partial charge in [-0.15, -0.1) is 0 Å². The predicted molar refractivity (Wildman–Crippen MR) is 291 cm³/mol. The number of aliphatic hydroxyl groups is 2. The highest BCUT2D eigenvalue weighted by molar-refractivity contribution is 5.78. The summed E-state index contributed by atoms with van der Waals surface area (Å²) in [6.45, 7) is 6.35. The average molecular weight is 937 g/mol. The Bertz CT molecular complexity index is 1230. The first-order valence-electron chi connectivity index (χ1n) is 28.7. The fourth-order valence-electron chi connectivity index (χ4n) is 8.45. The van der Waals surface area contributed by atoms with Crippen LogP contribution in [-0.4, -0.2) is 46.9 Å². The molecule has 3 atom stereocenters. The van der Waals surface area contributed by atoms with Crippen molar-refractivity contribution < 1.29 is 24.5 Å². The minimum absolute atomic E-state index is 0.0475. The normalized spacial score (nSPS) is 13.7. The Balaban J connectivity index is 4.63. The number of nitrogens with one attached hydrogen (secondary N) is 1. The van der Waals surface area contributed by atoms with Gasteiger partial charge in [-0.3, -0.25) is 9.59 Å². The van der Waals surface area contributed by atoms with E-state index in [9.17, 15) is 19.8 Å². The molecule has 0 radical (unpaired) electrons. The lowest BCUT2D eigenvalue weighted by Gasteiger charge is -2.23. The number of unbranched alkanes of at least 4 members (excludes halogenated alkanes) is 29. The van der Waals surface area contributed by atoms with Crippen molar-refractivity contribution in [3.63, 3.8) is 0 Å². The minimum atomic E-state index is -0.822. The number of rotatable bonds is 51.